The van der Waals surface area contributed by atoms with Gasteiger partial charge in [-0.2, -0.15) is 26.3 Å². The van der Waals surface area contributed by atoms with Crippen LogP contribution in [0.4, 0.5) is 37.2 Å². The van der Waals surface area contributed by atoms with E-state index in [1.165, 1.54) is 0 Å². The third kappa shape index (κ3) is 3.41. The van der Waals surface area contributed by atoms with Crippen molar-refractivity contribution in [1.29, 1.82) is 0 Å². The number of nitrogens with zero attached hydrogens (tertiary/aromatic N) is 1. The number of thiazole rings is 1. The van der Waals surface area contributed by atoms with Crippen LogP contribution in [0.15, 0.2) is 29.6 Å². The van der Waals surface area contributed by atoms with Crippen molar-refractivity contribution in [3.8, 4) is 0 Å². The minimum Gasteiger partial charge on any atom is -0.332 e. The van der Waals surface area contributed by atoms with Gasteiger partial charge in [0.1, 0.15) is 0 Å². The largest absolute Gasteiger partial charge is 0.434 e. The summed E-state index contributed by atoms with van der Waals surface area (Å²) in [5.41, 5.74) is -1.66. The Morgan fingerprint density at radius 3 is 1.95 bits per heavy atom. The van der Waals surface area contributed by atoms with Crippen LogP contribution in [0, 0.1) is 0 Å². The Kier molecular flexibility index (Phi) is 3.63. The van der Waals surface area contributed by atoms with Gasteiger partial charge in [-0.3, -0.25) is 0 Å². The van der Waals surface area contributed by atoms with Gasteiger partial charge in [0, 0.05) is 11.1 Å². The monoisotopic (exact) mass is 312 g/mol. The van der Waals surface area contributed by atoms with E-state index in [0.29, 0.717) is 11.3 Å². The van der Waals surface area contributed by atoms with Crippen LogP contribution in [0.1, 0.15) is 11.3 Å². The van der Waals surface area contributed by atoms with Crippen molar-refractivity contribution in [3.05, 3.63) is 40.9 Å². The zero-order valence-corrected chi connectivity index (χ0v) is 10.3. The van der Waals surface area contributed by atoms with Gasteiger partial charge < -0.3 is 5.32 Å². The first-order chi connectivity index (χ1) is 9.16. The molecule has 2 aromatic rings. The van der Waals surface area contributed by atoms with Gasteiger partial charge >= 0.3 is 12.4 Å². The summed E-state index contributed by atoms with van der Waals surface area (Å²) in [6.45, 7) is 0. The van der Waals surface area contributed by atoms with Crippen LogP contribution in [0.2, 0.25) is 0 Å². The molecule has 2 rings (SSSR count). The number of nitrogens with one attached hydrogen (secondary N) is 1. The maximum atomic E-state index is 12.3. The normalized spacial score (nSPS) is 12.5. The molecule has 1 heterocycles. The van der Waals surface area contributed by atoms with E-state index in [9.17, 15) is 26.3 Å². The molecule has 0 bridgehead atoms. The van der Waals surface area contributed by atoms with E-state index in [-0.39, 0.29) is 10.8 Å². The van der Waals surface area contributed by atoms with Crippen molar-refractivity contribution >= 4 is 22.2 Å². The standard InChI is InChI=1S/C11H6F6N2S/c12-10(13,14)6-1-3-7(4-2-6)18-9-19-8(5-20-9)11(15,16)17/h1-5H,(H,18,19). The number of benzene rings is 1. The molecule has 0 aliphatic carbocycles. The van der Waals surface area contributed by atoms with Gasteiger partial charge in [-0.15, -0.1) is 11.3 Å². The second kappa shape index (κ2) is 4.97. The van der Waals surface area contributed by atoms with Crippen LogP contribution in [0.3, 0.4) is 0 Å². The molecule has 0 atom stereocenters. The molecule has 0 amide bonds. The van der Waals surface area contributed by atoms with E-state index >= 15 is 0 Å². The molecule has 2 nitrogen and oxygen atoms in total. The summed E-state index contributed by atoms with van der Waals surface area (Å²) in [5, 5.41) is 3.30. The van der Waals surface area contributed by atoms with Gasteiger partial charge in [0.15, 0.2) is 10.8 Å². The summed E-state index contributed by atoms with van der Waals surface area (Å²) < 4.78 is 73.9. The summed E-state index contributed by atoms with van der Waals surface area (Å²) in [4.78, 5) is 3.31. The second-order valence-electron chi connectivity index (χ2n) is 3.74. The maximum absolute atomic E-state index is 12.3. The van der Waals surface area contributed by atoms with Gasteiger partial charge in [0.2, 0.25) is 0 Å². The highest BCUT2D eigenvalue weighted by molar-refractivity contribution is 7.13. The van der Waals surface area contributed by atoms with Crippen molar-refractivity contribution < 1.29 is 26.3 Å². The number of halogens is 6. The van der Waals surface area contributed by atoms with Crippen LogP contribution >= 0.6 is 11.3 Å². The Morgan fingerprint density at radius 1 is 0.900 bits per heavy atom. The molecule has 0 fully saturated rings. The van der Waals surface area contributed by atoms with E-state index in [2.05, 4.69) is 10.3 Å². The highest BCUT2D eigenvalue weighted by Gasteiger charge is 2.34. The summed E-state index contributed by atoms with van der Waals surface area (Å²) in [7, 11) is 0. The van der Waals surface area contributed by atoms with E-state index < -0.39 is 23.6 Å². The highest BCUT2D eigenvalue weighted by Crippen LogP contribution is 2.33. The molecule has 0 aliphatic rings. The smallest absolute Gasteiger partial charge is 0.332 e. The van der Waals surface area contributed by atoms with Crippen molar-refractivity contribution in [3.63, 3.8) is 0 Å². The van der Waals surface area contributed by atoms with Crippen molar-refractivity contribution in [2.24, 2.45) is 0 Å². The van der Waals surface area contributed by atoms with Crippen molar-refractivity contribution in [2.75, 3.05) is 5.32 Å². The summed E-state index contributed by atoms with van der Waals surface area (Å²) >= 11 is 0.717. The first kappa shape index (κ1) is 14.6. The van der Waals surface area contributed by atoms with Gasteiger partial charge in [0.05, 0.1) is 5.56 Å². The van der Waals surface area contributed by atoms with Crippen LogP contribution < -0.4 is 5.32 Å². The molecule has 0 saturated carbocycles. The van der Waals surface area contributed by atoms with Gasteiger partial charge in [0.25, 0.3) is 0 Å². The van der Waals surface area contributed by atoms with E-state index in [1.807, 2.05) is 0 Å². The average molecular weight is 312 g/mol. The lowest BCUT2D eigenvalue weighted by Gasteiger charge is -2.08. The van der Waals surface area contributed by atoms with Crippen LogP contribution in [0.5, 0.6) is 0 Å². The van der Waals surface area contributed by atoms with Gasteiger partial charge in [-0.05, 0) is 24.3 Å². The SMILES string of the molecule is FC(F)(F)c1ccc(Nc2nc(C(F)(F)F)cs2)cc1. The molecule has 0 radical (unpaired) electrons. The number of rotatable bonds is 2. The fraction of sp³-hybridized carbons (Fsp3) is 0.182. The molecule has 1 N–H and O–H groups in total. The zero-order valence-electron chi connectivity index (χ0n) is 9.51. The van der Waals surface area contributed by atoms with E-state index in [4.69, 9.17) is 0 Å². The summed E-state index contributed by atoms with van der Waals surface area (Å²) in [6, 6.07) is 3.91. The Morgan fingerprint density at radius 2 is 1.50 bits per heavy atom. The van der Waals surface area contributed by atoms with Crippen LogP contribution in [-0.2, 0) is 12.4 Å². The minimum atomic E-state index is -4.55. The molecule has 0 spiro atoms. The summed E-state index contributed by atoms with van der Waals surface area (Å²) in [5.74, 6) is 0. The summed E-state index contributed by atoms with van der Waals surface area (Å²) in [6.07, 6.45) is -9.00. The van der Waals surface area contributed by atoms with Crippen LogP contribution in [0.25, 0.3) is 0 Å². The second-order valence-corrected chi connectivity index (χ2v) is 4.59. The molecule has 1 aromatic carbocycles. The Balaban J connectivity index is 2.13. The fourth-order valence-electron chi connectivity index (χ4n) is 1.33. The maximum Gasteiger partial charge on any atom is 0.434 e. The molecule has 108 valence electrons. The zero-order chi connectivity index (χ0) is 15.0. The lowest BCUT2D eigenvalue weighted by molar-refractivity contribution is -0.140. The quantitative estimate of drug-likeness (QED) is 0.796. The topological polar surface area (TPSA) is 24.9 Å². The molecule has 9 heteroatoms. The Bertz CT molecular complexity index is 584. The molecule has 20 heavy (non-hydrogen) atoms. The number of hydrogen-bond acceptors (Lipinski definition) is 3. The molecule has 0 aliphatic heterocycles. The molecular formula is C11H6F6N2S. The molecular weight excluding hydrogens is 306 g/mol. The van der Waals surface area contributed by atoms with Crippen molar-refractivity contribution in [1.82, 2.24) is 4.98 Å². The van der Waals surface area contributed by atoms with E-state index in [0.717, 1.165) is 29.6 Å². The third-order valence-electron chi connectivity index (χ3n) is 2.26. The predicted octanol–water partition coefficient (Wildman–Crippen LogP) is 4.92. The third-order valence-corrected chi connectivity index (χ3v) is 3.02. The number of hydrogen-bond donors (Lipinski definition) is 1. The van der Waals surface area contributed by atoms with Crippen molar-refractivity contribution in [2.45, 2.75) is 12.4 Å². The Labute approximate surface area is 113 Å². The first-order valence-electron chi connectivity index (χ1n) is 5.13. The lowest BCUT2D eigenvalue weighted by Crippen LogP contribution is -2.05. The number of anilines is 2. The molecule has 0 unspecified atom stereocenters. The van der Waals surface area contributed by atoms with E-state index in [1.54, 1.807) is 0 Å². The molecule has 1 aromatic heterocycles. The number of alkyl halides is 6. The number of aromatic nitrogens is 1. The first-order valence-corrected chi connectivity index (χ1v) is 6.01. The average Bonchev–Trinajstić information content (AvgIpc) is 2.77. The Hall–Kier alpha value is -1.77. The predicted molar refractivity (Wildman–Crippen MR) is 61.8 cm³/mol. The van der Waals surface area contributed by atoms with Gasteiger partial charge in [-0.1, -0.05) is 0 Å². The van der Waals surface area contributed by atoms with Crippen LogP contribution in [-0.4, -0.2) is 4.98 Å². The molecule has 0 saturated heterocycles. The highest BCUT2D eigenvalue weighted by atomic mass is 32.1. The minimum absolute atomic E-state index is 0.0444. The lowest BCUT2D eigenvalue weighted by atomic mass is 10.2. The van der Waals surface area contributed by atoms with Gasteiger partial charge in [-0.25, -0.2) is 4.98 Å². The fourth-order valence-corrected chi connectivity index (χ4v) is 2.06.